The zero-order chi connectivity index (χ0) is 27.5. The highest BCUT2D eigenvalue weighted by Gasteiger charge is 2.23. The molecular formula is C29H35BrN2O5S. The van der Waals surface area contributed by atoms with Gasteiger partial charge in [0.1, 0.15) is 6.54 Å². The molecule has 2 aromatic carbocycles. The van der Waals surface area contributed by atoms with Crippen molar-refractivity contribution in [2.45, 2.75) is 26.3 Å². The van der Waals surface area contributed by atoms with Gasteiger partial charge in [0.15, 0.2) is 11.5 Å². The number of ether oxygens (including phenoxy) is 3. The van der Waals surface area contributed by atoms with Crippen molar-refractivity contribution < 1.29 is 23.8 Å². The fourth-order valence-electron chi connectivity index (χ4n) is 4.04. The molecular weight excluding hydrogens is 568 g/mol. The molecule has 2 amide bonds. The Balaban J connectivity index is 1.79. The van der Waals surface area contributed by atoms with Crippen molar-refractivity contribution in [1.82, 2.24) is 9.80 Å². The first kappa shape index (κ1) is 29.7. The van der Waals surface area contributed by atoms with Crippen LogP contribution < -0.4 is 9.47 Å². The molecule has 0 saturated heterocycles. The van der Waals surface area contributed by atoms with Crippen LogP contribution in [0.15, 0.2) is 59.1 Å². The quantitative estimate of drug-likeness (QED) is 0.225. The van der Waals surface area contributed by atoms with Gasteiger partial charge in [-0.3, -0.25) is 9.59 Å². The van der Waals surface area contributed by atoms with Gasteiger partial charge in [0.25, 0.3) is 5.91 Å². The van der Waals surface area contributed by atoms with Gasteiger partial charge in [-0.1, -0.05) is 22.0 Å². The Kier molecular flexibility index (Phi) is 11.6. The molecule has 0 saturated carbocycles. The van der Waals surface area contributed by atoms with Crippen LogP contribution in [0.1, 0.15) is 32.1 Å². The minimum atomic E-state index is -0.172. The summed E-state index contributed by atoms with van der Waals surface area (Å²) in [7, 11) is 4.84. The van der Waals surface area contributed by atoms with Gasteiger partial charge in [0, 0.05) is 46.6 Å². The number of nitrogens with zero attached hydrogens (tertiary/aromatic N) is 2. The molecule has 0 unspecified atom stereocenters. The number of amides is 2. The summed E-state index contributed by atoms with van der Waals surface area (Å²) in [6.07, 6.45) is 1.28. The van der Waals surface area contributed by atoms with E-state index in [0.29, 0.717) is 56.1 Å². The van der Waals surface area contributed by atoms with Crippen LogP contribution in [0.2, 0.25) is 0 Å². The first-order chi connectivity index (χ1) is 18.3. The molecule has 3 aromatic rings. The van der Waals surface area contributed by atoms with E-state index in [9.17, 15) is 9.59 Å². The monoisotopic (exact) mass is 602 g/mol. The first-order valence-corrected chi connectivity index (χ1v) is 14.0. The number of benzene rings is 2. The number of rotatable bonds is 14. The molecule has 0 aliphatic carbocycles. The second-order valence-electron chi connectivity index (χ2n) is 8.85. The topological polar surface area (TPSA) is 68.3 Å². The molecule has 38 heavy (non-hydrogen) atoms. The van der Waals surface area contributed by atoms with E-state index in [4.69, 9.17) is 14.2 Å². The van der Waals surface area contributed by atoms with Crippen molar-refractivity contribution in [3.63, 3.8) is 0 Å². The normalized spacial score (nSPS) is 10.8. The highest BCUT2D eigenvalue weighted by Crippen LogP contribution is 2.28. The maximum Gasteiger partial charge on any atom is 0.254 e. The van der Waals surface area contributed by atoms with Crippen LogP contribution in [-0.2, 0) is 22.5 Å². The van der Waals surface area contributed by atoms with E-state index in [1.54, 1.807) is 49.7 Å². The third-order valence-electron chi connectivity index (χ3n) is 6.09. The summed E-state index contributed by atoms with van der Waals surface area (Å²) in [5.74, 6) is 1.05. The van der Waals surface area contributed by atoms with Gasteiger partial charge >= 0.3 is 0 Å². The largest absolute Gasteiger partial charge is 0.493 e. The van der Waals surface area contributed by atoms with Crippen molar-refractivity contribution in [2.75, 3.05) is 47.6 Å². The molecule has 0 aliphatic heterocycles. The summed E-state index contributed by atoms with van der Waals surface area (Å²) >= 11 is 5.09. The molecule has 1 heterocycles. The number of aryl methyl sites for hydroxylation is 1. The SMILES string of the molecule is COCCCN(CC(=O)N(CCc1ccc(OC)c(OC)c1)Cc1ccc(C)s1)C(=O)c1ccc(Br)cc1. The summed E-state index contributed by atoms with van der Waals surface area (Å²) in [6.45, 7) is 3.98. The number of methoxy groups -OCH3 is 3. The lowest BCUT2D eigenvalue weighted by Crippen LogP contribution is -2.43. The predicted octanol–water partition coefficient (Wildman–Crippen LogP) is 5.59. The molecule has 0 fully saturated rings. The Morgan fingerprint density at radius 1 is 0.895 bits per heavy atom. The molecule has 9 heteroatoms. The van der Waals surface area contributed by atoms with Crippen molar-refractivity contribution in [2.24, 2.45) is 0 Å². The average Bonchev–Trinajstić information content (AvgIpc) is 3.34. The van der Waals surface area contributed by atoms with E-state index in [2.05, 4.69) is 35.0 Å². The van der Waals surface area contributed by atoms with E-state index in [1.165, 1.54) is 4.88 Å². The summed E-state index contributed by atoms with van der Waals surface area (Å²) < 4.78 is 16.9. The number of hydrogen-bond acceptors (Lipinski definition) is 6. The first-order valence-electron chi connectivity index (χ1n) is 12.4. The van der Waals surface area contributed by atoms with E-state index < -0.39 is 0 Å². The molecule has 0 atom stereocenters. The number of thiophene rings is 1. The van der Waals surface area contributed by atoms with Crippen LogP contribution in [0.5, 0.6) is 11.5 Å². The summed E-state index contributed by atoms with van der Waals surface area (Å²) in [5.41, 5.74) is 1.58. The Labute approximate surface area is 237 Å². The molecule has 204 valence electrons. The summed E-state index contributed by atoms with van der Waals surface area (Å²) in [6, 6.07) is 17.1. The highest BCUT2D eigenvalue weighted by atomic mass is 79.9. The van der Waals surface area contributed by atoms with Crippen molar-refractivity contribution >= 4 is 39.1 Å². The van der Waals surface area contributed by atoms with Gasteiger partial charge in [-0.25, -0.2) is 0 Å². The number of halogens is 1. The molecule has 0 bridgehead atoms. The van der Waals surface area contributed by atoms with E-state index in [1.807, 2.05) is 35.2 Å². The van der Waals surface area contributed by atoms with Crippen LogP contribution >= 0.6 is 27.3 Å². The van der Waals surface area contributed by atoms with Crippen LogP contribution in [-0.4, -0.2) is 69.2 Å². The van der Waals surface area contributed by atoms with E-state index in [0.717, 1.165) is 14.9 Å². The Bertz CT molecular complexity index is 1200. The molecule has 0 spiro atoms. The van der Waals surface area contributed by atoms with Gasteiger partial charge < -0.3 is 24.0 Å². The van der Waals surface area contributed by atoms with Gasteiger partial charge in [0.05, 0.1) is 20.8 Å². The second kappa shape index (κ2) is 14.9. The lowest BCUT2D eigenvalue weighted by molar-refractivity contribution is -0.132. The molecule has 7 nitrogen and oxygen atoms in total. The highest BCUT2D eigenvalue weighted by molar-refractivity contribution is 9.10. The van der Waals surface area contributed by atoms with Gasteiger partial charge in [-0.05, 0) is 73.9 Å². The van der Waals surface area contributed by atoms with Crippen LogP contribution in [0.4, 0.5) is 0 Å². The number of hydrogen-bond donors (Lipinski definition) is 0. The maximum atomic E-state index is 13.7. The van der Waals surface area contributed by atoms with Crippen molar-refractivity contribution in [3.05, 3.63) is 80.0 Å². The third kappa shape index (κ3) is 8.58. The molecule has 0 N–H and O–H groups in total. The van der Waals surface area contributed by atoms with Gasteiger partial charge in [-0.2, -0.15) is 0 Å². The lowest BCUT2D eigenvalue weighted by atomic mass is 10.1. The Morgan fingerprint density at radius 2 is 1.63 bits per heavy atom. The zero-order valence-corrected chi connectivity index (χ0v) is 24.8. The fourth-order valence-corrected chi connectivity index (χ4v) is 5.21. The second-order valence-corrected chi connectivity index (χ2v) is 11.1. The minimum Gasteiger partial charge on any atom is -0.493 e. The maximum absolute atomic E-state index is 13.7. The number of carbonyl (C=O) groups is 2. The molecule has 0 radical (unpaired) electrons. The van der Waals surface area contributed by atoms with Crippen molar-refractivity contribution in [1.29, 1.82) is 0 Å². The molecule has 1 aromatic heterocycles. The third-order valence-corrected chi connectivity index (χ3v) is 7.61. The van der Waals surface area contributed by atoms with E-state index >= 15 is 0 Å². The zero-order valence-electron chi connectivity index (χ0n) is 22.4. The van der Waals surface area contributed by atoms with E-state index in [-0.39, 0.29) is 18.4 Å². The van der Waals surface area contributed by atoms with Gasteiger partial charge in [0.2, 0.25) is 5.91 Å². The molecule has 0 aliphatic rings. The van der Waals surface area contributed by atoms with Crippen molar-refractivity contribution in [3.8, 4) is 11.5 Å². The lowest BCUT2D eigenvalue weighted by Gasteiger charge is -2.28. The fraction of sp³-hybridized carbons (Fsp3) is 0.379. The predicted molar refractivity (Wildman–Crippen MR) is 154 cm³/mol. The van der Waals surface area contributed by atoms with Crippen LogP contribution in [0, 0.1) is 6.92 Å². The number of carbonyl (C=O) groups excluding carboxylic acids is 2. The summed E-state index contributed by atoms with van der Waals surface area (Å²) in [4.78, 5) is 32.8. The smallest absolute Gasteiger partial charge is 0.254 e. The average molecular weight is 604 g/mol. The Morgan fingerprint density at radius 3 is 2.26 bits per heavy atom. The van der Waals surface area contributed by atoms with Crippen LogP contribution in [0.25, 0.3) is 0 Å². The Hall–Kier alpha value is -2.88. The van der Waals surface area contributed by atoms with Crippen LogP contribution in [0.3, 0.4) is 0 Å². The standard InChI is InChI=1S/C29H35BrN2O5S/c1-21-6-12-25(38-21)19-31(16-14-22-7-13-26(36-3)27(18-22)37-4)28(33)20-32(15-5-17-35-2)29(34)23-8-10-24(30)11-9-23/h6-13,18H,5,14-17,19-20H2,1-4H3. The minimum absolute atomic E-state index is 0.00506. The molecule has 3 rings (SSSR count). The summed E-state index contributed by atoms with van der Waals surface area (Å²) in [5, 5.41) is 0. The van der Waals surface area contributed by atoms with Gasteiger partial charge in [-0.15, -0.1) is 11.3 Å².